The molecule has 1 aromatic heterocycles. The number of aromatic nitrogens is 1. The Hall–Kier alpha value is -3.80. The molecule has 6 nitrogen and oxygen atoms in total. The van der Waals surface area contributed by atoms with Crippen molar-refractivity contribution in [2.45, 2.75) is 18.9 Å². The zero-order valence-electron chi connectivity index (χ0n) is 16.8. The zero-order chi connectivity index (χ0) is 21.3. The summed E-state index contributed by atoms with van der Waals surface area (Å²) in [6.45, 7) is 1.33. The predicted octanol–water partition coefficient (Wildman–Crippen LogP) is 2.75. The number of ether oxygens (including phenoxy) is 1. The summed E-state index contributed by atoms with van der Waals surface area (Å²) in [5, 5.41) is 0. The number of rotatable bonds is 2. The fourth-order valence-corrected chi connectivity index (χ4v) is 5.58. The molecule has 0 N–H and O–H groups in total. The van der Waals surface area contributed by atoms with Gasteiger partial charge in [-0.25, -0.2) is 4.90 Å². The van der Waals surface area contributed by atoms with Crippen LogP contribution in [-0.4, -0.2) is 17.8 Å². The molecule has 0 saturated carbocycles. The van der Waals surface area contributed by atoms with Crippen LogP contribution in [0.3, 0.4) is 0 Å². The summed E-state index contributed by atoms with van der Waals surface area (Å²) in [4.78, 5) is 39.8. The number of anilines is 1. The van der Waals surface area contributed by atoms with E-state index in [0.29, 0.717) is 11.4 Å². The first-order valence-corrected chi connectivity index (χ1v) is 10.3. The van der Waals surface area contributed by atoms with Crippen molar-refractivity contribution in [2.75, 3.05) is 4.90 Å². The van der Waals surface area contributed by atoms with E-state index in [2.05, 4.69) is 22.8 Å². The smallest absolute Gasteiger partial charge is 0.308 e. The molecule has 2 bridgehead atoms. The van der Waals surface area contributed by atoms with Gasteiger partial charge in [0.05, 0.1) is 17.5 Å². The van der Waals surface area contributed by atoms with Crippen LogP contribution in [-0.2, 0) is 14.4 Å². The number of nitrogens with zero attached hydrogens (tertiary/aromatic N) is 2. The summed E-state index contributed by atoms with van der Waals surface area (Å²) in [6.07, 6.45) is 2.01. The van der Waals surface area contributed by atoms with Gasteiger partial charge in [-0.3, -0.25) is 14.4 Å². The van der Waals surface area contributed by atoms with E-state index in [-0.39, 0.29) is 23.8 Å². The van der Waals surface area contributed by atoms with Gasteiger partial charge in [0.15, 0.2) is 17.9 Å². The Labute approximate surface area is 178 Å². The lowest BCUT2D eigenvalue weighted by atomic mass is 9.63. The predicted molar refractivity (Wildman–Crippen MR) is 110 cm³/mol. The van der Waals surface area contributed by atoms with Crippen molar-refractivity contribution in [2.24, 2.45) is 11.8 Å². The number of carbonyl (C=O) groups is 3. The third kappa shape index (κ3) is 2.39. The van der Waals surface area contributed by atoms with Gasteiger partial charge in [0.25, 0.3) is 0 Å². The molecule has 6 heteroatoms. The van der Waals surface area contributed by atoms with Crippen LogP contribution in [0.1, 0.15) is 35.7 Å². The van der Waals surface area contributed by atoms with Crippen LogP contribution in [0.2, 0.25) is 0 Å². The third-order valence-electron chi connectivity index (χ3n) is 6.64. The molecular weight excluding hydrogens is 392 g/mol. The minimum atomic E-state index is -0.444. The van der Waals surface area contributed by atoms with Crippen LogP contribution < -0.4 is 14.2 Å². The molecule has 4 atom stereocenters. The molecule has 2 aromatic carbocycles. The summed E-state index contributed by atoms with van der Waals surface area (Å²) in [5.41, 5.74) is 3.82. The molecule has 3 aliphatic heterocycles. The highest BCUT2D eigenvalue weighted by molar-refractivity contribution is 6.23. The molecule has 4 heterocycles. The highest BCUT2D eigenvalue weighted by Crippen LogP contribution is 2.55. The SMILES string of the molecule is CC(=O)Oc1ccc(N2C(=O)C3C4c5ccccc5C(C3C2=O)[n+]2ccccc24)cc1. The number of hydrogen-bond acceptors (Lipinski definition) is 4. The maximum Gasteiger partial charge on any atom is 0.308 e. The molecule has 4 aliphatic rings. The summed E-state index contributed by atoms with van der Waals surface area (Å²) in [6, 6.07) is 20.4. The van der Waals surface area contributed by atoms with Crippen molar-refractivity contribution in [1.82, 2.24) is 0 Å². The average molecular weight is 411 g/mol. The molecule has 7 rings (SSSR count). The molecule has 152 valence electrons. The number of carbonyl (C=O) groups excluding carboxylic acids is 3. The Morgan fingerprint density at radius 1 is 0.871 bits per heavy atom. The highest BCUT2D eigenvalue weighted by atomic mass is 16.5. The maximum atomic E-state index is 13.6. The first-order chi connectivity index (χ1) is 15.1. The summed E-state index contributed by atoms with van der Waals surface area (Å²) in [5.74, 6) is -1.42. The molecule has 0 radical (unpaired) electrons. The van der Waals surface area contributed by atoms with Gasteiger partial charge in [-0.05, 0) is 29.8 Å². The van der Waals surface area contributed by atoms with Gasteiger partial charge in [-0.1, -0.05) is 30.3 Å². The van der Waals surface area contributed by atoms with Gasteiger partial charge in [-0.15, -0.1) is 0 Å². The quantitative estimate of drug-likeness (QED) is 0.282. The Morgan fingerprint density at radius 2 is 1.55 bits per heavy atom. The topological polar surface area (TPSA) is 67.6 Å². The Kier molecular flexibility index (Phi) is 3.69. The summed E-state index contributed by atoms with van der Waals surface area (Å²) >= 11 is 0. The molecule has 3 aromatic rings. The molecule has 1 saturated heterocycles. The first-order valence-electron chi connectivity index (χ1n) is 10.3. The van der Waals surface area contributed by atoms with Crippen molar-refractivity contribution in [3.05, 3.63) is 89.7 Å². The standard InChI is InChI=1S/C25H19N2O4/c1-14(28)31-16-11-9-15(10-12-16)27-24(29)21-20-17-6-2-3-7-18(17)23(22(21)25(27)30)26-13-5-4-8-19(20)26/h2-13,20-23H,1H3/q+1. The number of esters is 1. The molecular formula is C25H19N2O4+. The van der Waals surface area contributed by atoms with E-state index >= 15 is 0 Å². The zero-order valence-corrected chi connectivity index (χ0v) is 16.8. The van der Waals surface area contributed by atoms with Crippen molar-refractivity contribution < 1.29 is 23.7 Å². The van der Waals surface area contributed by atoms with Gasteiger partial charge < -0.3 is 4.74 Å². The van der Waals surface area contributed by atoms with Crippen molar-refractivity contribution in [3.63, 3.8) is 0 Å². The van der Waals surface area contributed by atoms with Gasteiger partial charge in [0.2, 0.25) is 11.8 Å². The van der Waals surface area contributed by atoms with E-state index in [4.69, 9.17) is 4.74 Å². The lowest BCUT2D eigenvalue weighted by Gasteiger charge is -2.40. The number of benzene rings is 2. The number of imide groups is 1. The Balaban J connectivity index is 1.46. The van der Waals surface area contributed by atoms with Gasteiger partial charge in [0, 0.05) is 24.6 Å². The molecule has 1 fully saturated rings. The van der Waals surface area contributed by atoms with Crippen LogP contribution in [0.15, 0.2) is 72.9 Å². The second-order valence-electron chi connectivity index (χ2n) is 8.24. The van der Waals surface area contributed by atoms with Gasteiger partial charge >= 0.3 is 5.97 Å². The summed E-state index contributed by atoms with van der Waals surface area (Å²) < 4.78 is 7.24. The van der Waals surface area contributed by atoms with E-state index in [0.717, 1.165) is 16.8 Å². The van der Waals surface area contributed by atoms with E-state index in [1.54, 1.807) is 24.3 Å². The van der Waals surface area contributed by atoms with E-state index in [1.807, 2.05) is 30.5 Å². The minimum absolute atomic E-state index is 0.158. The molecule has 1 aliphatic carbocycles. The first kappa shape index (κ1) is 18.0. The normalized spacial score (nSPS) is 25.1. The van der Waals surface area contributed by atoms with Crippen LogP contribution in [0.25, 0.3) is 0 Å². The van der Waals surface area contributed by atoms with Crippen LogP contribution >= 0.6 is 0 Å². The Bertz CT molecular complexity index is 1150. The highest BCUT2D eigenvalue weighted by Gasteiger charge is 2.66. The van der Waals surface area contributed by atoms with Crippen LogP contribution in [0.4, 0.5) is 5.69 Å². The molecule has 31 heavy (non-hydrogen) atoms. The van der Waals surface area contributed by atoms with E-state index < -0.39 is 17.8 Å². The molecule has 4 unspecified atom stereocenters. The van der Waals surface area contributed by atoms with Crippen LogP contribution in [0, 0.1) is 11.8 Å². The molecule has 0 spiro atoms. The molecule has 2 amide bonds. The van der Waals surface area contributed by atoms with Gasteiger partial charge in [-0.2, -0.15) is 4.57 Å². The van der Waals surface area contributed by atoms with Crippen molar-refractivity contribution in [3.8, 4) is 5.75 Å². The van der Waals surface area contributed by atoms with E-state index in [9.17, 15) is 14.4 Å². The number of hydrogen-bond donors (Lipinski definition) is 0. The van der Waals surface area contributed by atoms with Crippen LogP contribution in [0.5, 0.6) is 5.75 Å². The number of amides is 2. The lowest BCUT2D eigenvalue weighted by Crippen LogP contribution is -2.59. The lowest BCUT2D eigenvalue weighted by molar-refractivity contribution is -0.736. The minimum Gasteiger partial charge on any atom is -0.427 e. The third-order valence-corrected chi connectivity index (χ3v) is 6.64. The van der Waals surface area contributed by atoms with Crippen molar-refractivity contribution >= 4 is 23.5 Å². The van der Waals surface area contributed by atoms with E-state index in [1.165, 1.54) is 11.8 Å². The second-order valence-corrected chi connectivity index (χ2v) is 8.24. The fraction of sp³-hybridized carbons (Fsp3) is 0.200. The Morgan fingerprint density at radius 3 is 2.29 bits per heavy atom. The largest absolute Gasteiger partial charge is 0.427 e. The fourth-order valence-electron chi connectivity index (χ4n) is 5.58. The maximum absolute atomic E-state index is 13.6. The number of pyridine rings is 1. The second kappa shape index (κ2) is 6.35. The summed E-state index contributed by atoms with van der Waals surface area (Å²) in [7, 11) is 0. The van der Waals surface area contributed by atoms with Gasteiger partial charge in [0.1, 0.15) is 11.7 Å². The van der Waals surface area contributed by atoms with Crippen molar-refractivity contribution in [1.29, 1.82) is 0 Å². The average Bonchev–Trinajstić information content (AvgIpc) is 3.05. The monoisotopic (exact) mass is 411 g/mol.